The van der Waals surface area contributed by atoms with E-state index >= 15 is 0 Å². The van der Waals surface area contributed by atoms with E-state index in [1.54, 1.807) is 0 Å². The second-order valence-electron chi connectivity index (χ2n) is 15.7. The van der Waals surface area contributed by atoms with Gasteiger partial charge in [0.05, 0.1) is 0 Å². The highest BCUT2D eigenvalue weighted by atomic mass is 14.4. The minimum atomic E-state index is -0.164. The minimum absolute atomic E-state index is 0.164. The first kappa shape index (κ1) is 29.5. The Morgan fingerprint density at radius 2 is 0.760 bits per heavy atom. The van der Waals surface area contributed by atoms with Gasteiger partial charge in [-0.2, -0.15) is 0 Å². The molecule has 10 rings (SSSR count). The molecule has 240 valence electrons. The summed E-state index contributed by atoms with van der Waals surface area (Å²) in [6.07, 6.45) is 0. The van der Waals surface area contributed by atoms with Crippen LogP contribution in [0.15, 0.2) is 133 Å². The number of hydrogen-bond donors (Lipinski definition) is 0. The standard InChI is InChI=1S/C50H40/c1-29-30(2)46-40-24-22-34(38-20-12-16-32-14-8-10-18-36(32)38)28-44(40)50(5,6)42-26-25-41-47(48(42)46)45(29)39-23-21-33(27-43(39)49(41,3)4)37-19-11-15-31-13-7-9-17-35(31)37/h7-28H,1-6H3. The molecule has 0 saturated heterocycles. The van der Waals surface area contributed by atoms with E-state index in [4.69, 9.17) is 0 Å². The summed E-state index contributed by atoms with van der Waals surface area (Å²) in [5.41, 5.74) is 18.9. The molecule has 8 aromatic carbocycles. The van der Waals surface area contributed by atoms with Crippen LogP contribution < -0.4 is 0 Å². The Kier molecular flexibility index (Phi) is 5.92. The molecule has 2 aliphatic rings. The molecule has 0 heteroatoms. The molecule has 0 aliphatic heterocycles. The Morgan fingerprint density at radius 3 is 1.20 bits per heavy atom. The number of rotatable bonds is 2. The summed E-state index contributed by atoms with van der Waals surface area (Å²) in [4.78, 5) is 0. The van der Waals surface area contributed by atoms with E-state index in [2.05, 4.69) is 175 Å². The van der Waals surface area contributed by atoms with Crippen LogP contribution in [0.25, 0.3) is 76.8 Å². The third-order valence-corrected chi connectivity index (χ3v) is 12.5. The fraction of sp³-hybridized carbons (Fsp3) is 0.160. The summed E-state index contributed by atoms with van der Waals surface area (Å²) in [7, 11) is 0. The van der Waals surface area contributed by atoms with E-state index < -0.39 is 0 Å². The summed E-state index contributed by atoms with van der Waals surface area (Å²) >= 11 is 0. The molecule has 0 spiro atoms. The fourth-order valence-corrected chi connectivity index (χ4v) is 9.73. The summed E-state index contributed by atoms with van der Waals surface area (Å²) in [6.45, 7) is 14.5. The van der Waals surface area contributed by atoms with Crippen molar-refractivity contribution in [2.45, 2.75) is 52.4 Å². The van der Waals surface area contributed by atoms with Crippen LogP contribution in [0, 0.1) is 13.8 Å². The SMILES string of the molecule is Cc1c(C)c2c3c(ccc4c3c1-c1ccc(-c3cccc5ccccc35)cc1C4(C)C)C(C)(C)c1cc(-c3cccc4ccccc34)ccc1-2. The lowest BCUT2D eigenvalue weighted by Gasteiger charge is -2.42. The van der Waals surface area contributed by atoms with Gasteiger partial charge < -0.3 is 0 Å². The Morgan fingerprint density at radius 1 is 0.360 bits per heavy atom. The molecule has 0 amide bonds. The van der Waals surface area contributed by atoms with E-state index in [1.807, 2.05) is 0 Å². The highest BCUT2D eigenvalue weighted by molar-refractivity contribution is 6.15. The second kappa shape index (κ2) is 10.1. The van der Waals surface area contributed by atoms with Gasteiger partial charge in [-0.1, -0.05) is 149 Å². The highest BCUT2D eigenvalue weighted by Crippen LogP contribution is 2.58. The smallest absolute Gasteiger partial charge is 0.0159 e. The minimum Gasteiger partial charge on any atom is -0.0616 e. The molecule has 8 aromatic rings. The monoisotopic (exact) mass is 640 g/mol. The van der Waals surface area contributed by atoms with Gasteiger partial charge >= 0.3 is 0 Å². The van der Waals surface area contributed by atoms with Crippen LogP contribution in [-0.2, 0) is 10.8 Å². The van der Waals surface area contributed by atoms with Crippen molar-refractivity contribution < 1.29 is 0 Å². The third-order valence-electron chi connectivity index (χ3n) is 12.5. The Bertz CT molecular complexity index is 2570. The molecular formula is C50H40. The van der Waals surface area contributed by atoms with Crippen LogP contribution in [0.3, 0.4) is 0 Å². The van der Waals surface area contributed by atoms with Crippen LogP contribution in [0.5, 0.6) is 0 Å². The molecule has 0 heterocycles. The van der Waals surface area contributed by atoms with Crippen molar-refractivity contribution in [1.29, 1.82) is 0 Å². The van der Waals surface area contributed by atoms with Crippen molar-refractivity contribution in [2.24, 2.45) is 0 Å². The quantitative estimate of drug-likeness (QED) is 0.176. The first-order valence-corrected chi connectivity index (χ1v) is 18.0. The van der Waals surface area contributed by atoms with Gasteiger partial charge in [0.15, 0.2) is 0 Å². The van der Waals surface area contributed by atoms with Crippen molar-refractivity contribution in [3.63, 3.8) is 0 Å². The zero-order valence-electron chi connectivity index (χ0n) is 29.7. The zero-order valence-corrected chi connectivity index (χ0v) is 29.7. The van der Waals surface area contributed by atoms with E-state index in [0.29, 0.717) is 0 Å². The maximum atomic E-state index is 2.49. The second-order valence-corrected chi connectivity index (χ2v) is 15.7. The van der Waals surface area contributed by atoms with Crippen LogP contribution >= 0.6 is 0 Å². The Balaban J connectivity index is 1.23. The van der Waals surface area contributed by atoms with Gasteiger partial charge in [-0.25, -0.2) is 0 Å². The molecule has 0 fully saturated rings. The van der Waals surface area contributed by atoms with Gasteiger partial charge in [0.1, 0.15) is 0 Å². The van der Waals surface area contributed by atoms with Crippen molar-refractivity contribution in [3.05, 3.63) is 167 Å². The maximum absolute atomic E-state index is 2.49. The molecule has 2 aliphatic carbocycles. The van der Waals surface area contributed by atoms with Gasteiger partial charge in [-0.05, 0) is 136 Å². The fourth-order valence-electron chi connectivity index (χ4n) is 9.73. The molecule has 0 unspecified atom stereocenters. The van der Waals surface area contributed by atoms with Crippen molar-refractivity contribution in [1.82, 2.24) is 0 Å². The van der Waals surface area contributed by atoms with Gasteiger partial charge in [0, 0.05) is 10.8 Å². The van der Waals surface area contributed by atoms with Gasteiger partial charge in [-0.3, -0.25) is 0 Å². The summed E-state index contributed by atoms with van der Waals surface area (Å²) in [6, 6.07) is 50.4. The molecule has 0 saturated carbocycles. The van der Waals surface area contributed by atoms with Crippen molar-refractivity contribution >= 4 is 32.3 Å². The normalized spacial score (nSPS) is 14.9. The van der Waals surface area contributed by atoms with E-state index in [1.165, 1.54) is 110 Å². The Hall–Kier alpha value is -5.46. The molecule has 0 atom stereocenters. The lowest BCUT2D eigenvalue weighted by atomic mass is 9.61. The summed E-state index contributed by atoms with van der Waals surface area (Å²) < 4.78 is 0. The zero-order chi connectivity index (χ0) is 34.1. The topological polar surface area (TPSA) is 0 Å². The average Bonchev–Trinajstić information content (AvgIpc) is 3.13. The lowest BCUT2D eigenvalue weighted by Crippen LogP contribution is -2.28. The Labute approximate surface area is 295 Å². The number of fused-ring (bicyclic) bond motifs is 6. The van der Waals surface area contributed by atoms with Gasteiger partial charge in [0.25, 0.3) is 0 Å². The largest absolute Gasteiger partial charge is 0.0616 e. The van der Waals surface area contributed by atoms with Crippen molar-refractivity contribution in [3.8, 4) is 44.5 Å². The third kappa shape index (κ3) is 3.77. The highest BCUT2D eigenvalue weighted by Gasteiger charge is 2.41. The molecule has 0 bridgehead atoms. The van der Waals surface area contributed by atoms with Crippen LogP contribution in [0.2, 0.25) is 0 Å². The summed E-state index contributed by atoms with van der Waals surface area (Å²) in [5.74, 6) is 0. The lowest BCUT2D eigenvalue weighted by molar-refractivity contribution is 0.632. The molecular weight excluding hydrogens is 601 g/mol. The molecule has 50 heavy (non-hydrogen) atoms. The predicted octanol–water partition coefficient (Wildman–Crippen LogP) is 13.7. The van der Waals surface area contributed by atoms with Gasteiger partial charge in [-0.15, -0.1) is 0 Å². The van der Waals surface area contributed by atoms with E-state index in [-0.39, 0.29) is 10.8 Å². The first-order chi connectivity index (χ1) is 24.2. The molecule has 0 N–H and O–H groups in total. The van der Waals surface area contributed by atoms with Crippen LogP contribution in [-0.4, -0.2) is 0 Å². The summed E-state index contributed by atoms with van der Waals surface area (Å²) in [5, 5.41) is 8.08. The van der Waals surface area contributed by atoms with E-state index in [0.717, 1.165) is 0 Å². The van der Waals surface area contributed by atoms with E-state index in [9.17, 15) is 0 Å². The predicted molar refractivity (Wildman–Crippen MR) is 214 cm³/mol. The number of hydrogen-bond acceptors (Lipinski definition) is 0. The van der Waals surface area contributed by atoms with Crippen molar-refractivity contribution in [2.75, 3.05) is 0 Å². The first-order valence-electron chi connectivity index (χ1n) is 18.0. The van der Waals surface area contributed by atoms with Crippen LogP contribution in [0.1, 0.15) is 61.1 Å². The van der Waals surface area contributed by atoms with Crippen LogP contribution in [0.4, 0.5) is 0 Å². The molecule has 0 nitrogen and oxygen atoms in total. The average molecular weight is 641 g/mol. The maximum Gasteiger partial charge on any atom is 0.0159 e. The molecule has 0 aromatic heterocycles. The van der Waals surface area contributed by atoms with Gasteiger partial charge in [0.2, 0.25) is 0 Å². The molecule has 0 radical (unpaired) electrons. The number of benzene rings is 8.